The number of ether oxygens (including phenoxy) is 2. The number of rotatable bonds is 5. The van der Waals surface area contributed by atoms with E-state index >= 15 is 0 Å². The highest BCUT2D eigenvalue weighted by Crippen LogP contribution is 2.37. The van der Waals surface area contributed by atoms with Gasteiger partial charge in [0.25, 0.3) is 0 Å². The Kier molecular flexibility index (Phi) is 5.34. The lowest BCUT2D eigenvalue weighted by Crippen LogP contribution is -2.42. The highest BCUT2D eigenvalue weighted by molar-refractivity contribution is 6.32. The molecule has 25 heavy (non-hydrogen) atoms. The molecule has 6 heteroatoms. The van der Waals surface area contributed by atoms with Gasteiger partial charge in [0.2, 0.25) is 5.91 Å². The van der Waals surface area contributed by atoms with Gasteiger partial charge in [-0.05, 0) is 25.1 Å². The molecule has 0 radical (unpaired) electrons. The third-order valence-corrected chi connectivity index (χ3v) is 4.51. The van der Waals surface area contributed by atoms with Crippen molar-refractivity contribution in [1.82, 2.24) is 5.32 Å². The first-order valence-corrected chi connectivity index (χ1v) is 8.56. The quantitative estimate of drug-likeness (QED) is 0.887. The first kappa shape index (κ1) is 17.4. The largest absolute Gasteiger partial charge is 0.496 e. The van der Waals surface area contributed by atoms with Crippen LogP contribution in [0.2, 0.25) is 5.02 Å². The maximum atomic E-state index is 12.5. The van der Waals surface area contributed by atoms with E-state index in [1.54, 1.807) is 13.2 Å². The molecule has 0 saturated heterocycles. The number of carbonyl (C=O) groups is 1. The molecule has 0 aliphatic carbocycles. The van der Waals surface area contributed by atoms with Gasteiger partial charge in [-0.25, -0.2) is 0 Å². The van der Waals surface area contributed by atoms with Gasteiger partial charge in [-0.1, -0.05) is 35.9 Å². The molecule has 0 saturated carbocycles. The lowest BCUT2D eigenvalue weighted by Gasteiger charge is -2.31. The summed E-state index contributed by atoms with van der Waals surface area (Å²) in [5.41, 5.74) is 1.79. The number of amides is 1. The summed E-state index contributed by atoms with van der Waals surface area (Å²) in [4.78, 5) is 14.5. The van der Waals surface area contributed by atoms with Crippen molar-refractivity contribution >= 4 is 23.2 Å². The maximum Gasteiger partial charge on any atom is 0.239 e. The minimum atomic E-state index is -0.150. The molecule has 1 unspecified atom stereocenters. The zero-order valence-electron chi connectivity index (χ0n) is 14.3. The van der Waals surface area contributed by atoms with Gasteiger partial charge in [0.05, 0.1) is 37.0 Å². The van der Waals surface area contributed by atoms with Gasteiger partial charge in [-0.15, -0.1) is 0 Å². The second-order valence-corrected chi connectivity index (χ2v) is 6.30. The van der Waals surface area contributed by atoms with Crippen LogP contribution >= 0.6 is 11.6 Å². The summed E-state index contributed by atoms with van der Waals surface area (Å²) in [7, 11) is 1.63. The highest BCUT2D eigenvalue weighted by Gasteiger charge is 2.23. The Balaban J connectivity index is 1.69. The van der Waals surface area contributed by atoms with Crippen LogP contribution in [0, 0.1) is 0 Å². The average Bonchev–Trinajstić information content (AvgIpc) is 2.62. The minimum absolute atomic E-state index is 0.0637. The molecule has 1 aliphatic rings. The molecule has 0 aromatic heterocycles. The Morgan fingerprint density at radius 1 is 1.32 bits per heavy atom. The molecule has 1 N–H and O–H groups in total. The third kappa shape index (κ3) is 3.82. The molecule has 1 atom stereocenters. The van der Waals surface area contributed by atoms with E-state index in [9.17, 15) is 4.79 Å². The Morgan fingerprint density at radius 2 is 2.12 bits per heavy atom. The van der Waals surface area contributed by atoms with Crippen molar-refractivity contribution in [3.63, 3.8) is 0 Å². The van der Waals surface area contributed by atoms with Gasteiger partial charge in [-0.3, -0.25) is 4.79 Å². The zero-order valence-corrected chi connectivity index (χ0v) is 15.0. The molecule has 2 aromatic carbocycles. The number of fused-ring (bicyclic) bond motifs is 1. The van der Waals surface area contributed by atoms with Crippen LogP contribution in [0.4, 0.5) is 5.69 Å². The number of hydrogen-bond acceptors (Lipinski definition) is 4. The SMILES string of the molecule is COc1ccccc1C(C)NC(=O)CN1CCOc2c(Cl)cccc21. The van der Waals surface area contributed by atoms with Crippen LogP contribution in [0.1, 0.15) is 18.5 Å². The topological polar surface area (TPSA) is 50.8 Å². The first-order valence-electron chi connectivity index (χ1n) is 8.18. The van der Waals surface area contributed by atoms with Crippen LogP contribution < -0.4 is 19.7 Å². The number of halogens is 1. The summed E-state index contributed by atoms with van der Waals surface area (Å²) in [5, 5.41) is 3.59. The van der Waals surface area contributed by atoms with Crippen molar-refractivity contribution in [1.29, 1.82) is 0 Å². The molecule has 0 spiro atoms. The minimum Gasteiger partial charge on any atom is -0.496 e. The fourth-order valence-electron chi connectivity index (χ4n) is 2.99. The predicted molar refractivity (Wildman–Crippen MR) is 98.7 cm³/mol. The third-order valence-electron chi connectivity index (χ3n) is 4.21. The van der Waals surface area contributed by atoms with Crippen molar-refractivity contribution in [3.05, 3.63) is 53.1 Å². The normalized spacial score (nSPS) is 14.3. The number of carbonyl (C=O) groups excluding carboxylic acids is 1. The molecular weight excluding hydrogens is 340 g/mol. The van der Waals surface area contributed by atoms with Crippen LogP contribution in [-0.4, -0.2) is 32.7 Å². The second-order valence-electron chi connectivity index (χ2n) is 5.89. The first-order chi connectivity index (χ1) is 12.1. The van der Waals surface area contributed by atoms with E-state index in [4.69, 9.17) is 21.1 Å². The molecule has 0 fully saturated rings. The number of para-hydroxylation sites is 2. The molecular formula is C19H21ClN2O3. The second kappa shape index (κ2) is 7.66. The summed E-state index contributed by atoms with van der Waals surface area (Å²) in [6.45, 7) is 3.34. The Bertz CT molecular complexity index is 766. The summed E-state index contributed by atoms with van der Waals surface area (Å²) >= 11 is 6.18. The van der Waals surface area contributed by atoms with E-state index in [1.165, 1.54) is 0 Å². The molecule has 132 valence electrons. The molecule has 3 rings (SSSR count). The number of benzene rings is 2. The molecule has 5 nitrogen and oxygen atoms in total. The highest BCUT2D eigenvalue weighted by atomic mass is 35.5. The van der Waals surface area contributed by atoms with E-state index in [-0.39, 0.29) is 18.5 Å². The average molecular weight is 361 g/mol. The van der Waals surface area contributed by atoms with Crippen molar-refractivity contribution < 1.29 is 14.3 Å². The zero-order chi connectivity index (χ0) is 17.8. The standard InChI is InChI=1S/C19H21ClN2O3/c1-13(14-6-3-4-9-17(14)24-2)21-18(23)12-22-10-11-25-19-15(20)7-5-8-16(19)22/h3-9,13H,10-12H2,1-2H3,(H,21,23). The van der Waals surface area contributed by atoms with E-state index in [0.29, 0.717) is 23.9 Å². The van der Waals surface area contributed by atoms with Crippen molar-refractivity contribution in [2.24, 2.45) is 0 Å². The van der Waals surface area contributed by atoms with Crippen molar-refractivity contribution in [3.8, 4) is 11.5 Å². The van der Waals surface area contributed by atoms with Gasteiger partial charge in [0.1, 0.15) is 12.4 Å². The Morgan fingerprint density at radius 3 is 2.92 bits per heavy atom. The monoisotopic (exact) mass is 360 g/mol. The number of nitrogens with zero attached hydrogens (tertiary/aromatic N) is 1. The van der Waals surface area contributed by atoms with Crippen LogP contribution in [0.25, 0.3) is 0 Å². The van der Waals surface area contributed by atoms with Crippen molar-refractivity contribution in [2.75, 3.05) is 31.7 Å². The maximum absolute atomic E-state index is 12.5. The van der Waals surface area contributed by atoms with Gasteiger partial charge in [0.15, 0.2) is 5.75 Å². The molecule has 1 aliphatic heterocycles. The van der Waals surface area contributed by atoms with Crippen LogP contribution in [0.3, 0.4) is 0 Å². The summed E-state index contributed by atoms with van der Waals surface area (Å²) in [6.07, 6.45) is 0. The number of anilines is 1. The van der Waals surface area contributed by atoms with Gasteiger partial charge in [0, 0.05) is 5.56 Å². The van der Waals surface area contributed by atoms with Gasteiger partial charge in [-0.2, -0.15) is 0 Å². The molecule has 2 aromatic rings. The number of nitrogens with one attached hydrogen (secondary N) is 1. The van der Waals surface area contributed by atoms with E-state index in [0.717, 1.165) is 17.0 Å². The fourth-order valence-corrected chi connectivity index (χ4v) is 3.22. The van der Waals surface area contributed by atoms with Crippen molar-refractivity contribution in [2.45, 2.75) is 13.0 Å². The fraction of sp³-hybridized carbons (Fsp3) is 0.316. The Labute approximate surface area is 152 Å². The smallest absolute Gasteiger partial charge is 0.239 e. The molecule has 1 heterocycles. The molecule has 1 amide bonds. The lowest BCUT2D eigenvalue weighted by molar-refractivity contribution is -0.120. The summed E-state index contributed by atoms with van der Waals surface area (Å²) in [6, 6.07) is 13.1. The van der Waals surface area contributed by atoms with E-state index in [1.807, 2.05) is 48.2 Å². The number of hydrogen-bond donors (Lipinski definition) is 1. The van der Waals surface area contributed by atoms with Crippen LogP contribution in [0.15, 0.2) is 42.5 Å². The van der Waals surface area contributed by atoms with E-state index < -0.39 is 0 Å². The van der Waals surface area contributed by atoms with Gasteiger partial charge < -0.3 is 19.7 Å². The van der Waals surface area contributed by atoms with Crippen LogP contribution in [0.5, 0.6) is 11.5 Å². The van der Waals surface area contributed by atoms with E-state index in [2.05, 4.69) is 5.32 Å². The number of methoxy groups -OCH3 is 1. The lowest BCUT2D eigenvalue weighted by atomic mass is 10.1. The molecule has 0 bridgehead atoms. The predicted octanol–water partition coefficient (Wildman–Crippen LogP) is 3.42. The summed E-state index contributed by atoms with van der Waals surface area (Å²) < 4.78 is 11.0. The van der Waals surface area contributed by atoms with Crippen LogP contribution in [-0.2, 0) is 4.79 Å². The Hall–Kier alpha value is -2.40. The van der Waals surface area contributed by atoms with Gasteiger partial charge >= 0.3 is 0 Å². The summed E-state index contributed by atoms with van der Waals surface area (Å²) in [5.74, 6) is 1.34.